The van der Waals surface area contributed by atoms with Gasteiger partial charge in [-0.1, -0.05) is 90.4 Å². The molecule has 3 rings (SSSR count). The van der Waals surface area contributed by atoms with Crippen molar-refractivity contribution in [2.45, 2.75) is 135 Å². The second-order valence-corrected chi connectivity index (χ2v) is 10.8. The van der Waals surface area contributed by atoms with E-state index in [1.807, 2.05) is 6.08 Å². The van der Waals surface area contributed by atoms with Crippen LogP contribution in [0.15, 0.2) is 11.6 Å². The molecule has 2 atom stereocenters. The van der Waals surface area contributed by atoms with Crippen molar-refractivity contribution >= 4 is 5.78 Å². The van der Waals surface area contributed by atoms with E-state index in [4.69, 9.17) is 9.47 Å². The van der Waals surface area contributed by atoms with Gasteiger partial charge in [0.1, 0.15) is 6.10 Å². The summed E-state index contributed by atoms with van der Waals surface area (Å²) in [6.45, 7) is 6.02. The van der Waals surface area contributed by atoms with Crippen LogP contribution < -0.4 is 0 Å². The van der Waals surface area contributed by atoms with Gasteiger partial charge in [-0.05, 0) is 57.2 Å². The van der Waals surface area contributed by atoms with Crippen LogP contribution in [0, 0.1) is 5.92 Å². The van der Waals surface area contributed by atoms with Crippen molar-refractivity contribution in [3.63, 3.8) is 0 Å². The average Bonchev–Trinajstić information content (AvgIpc) is 2.85. The van der Waals surface area contributed by atoms with Crippen molar-refractivity contribution in [1.82, 2.24) is 4.90 Å². The number of ketones is 1. The molecule has 0 radical (unpaired) electrons. The molecule has 2 heterocycles. The van der Waals surface area contributed by atoms with Crippen molar-refractivity contribution < 1.29 is 14.3 Å². The van der Waals surface area contributed by atoms with Crippen LogP contribution in [0.4, 0.5) is 0 Å². The standard InChI is InChI=1S/C29H51NO3/c1-2-3-4-5-6-7-8-9-10-17-22-32-27-23-26(24-30-20-15-12-16-21-30)28(31)29(33-27)25-18-13-11-14-19-25/h23,25,27,29H,2-22,24H2,1H3. The number of nitrogens with zero attached hydrogens (tertiary/aromatic N) is 1. The van der Waals surface area contributed by atoms with Crippen molar-refractivity contribution in [3.8, 4) is 0 Å². The number of rotatable bonds is 15. The zero-order valence-electron chi connectivity index (χ0n) is 21.5. The van der Waals surface area contributed by atoms with E-state index in [1.165, 1.54) is 96.3 Å². The summed E-state index contributed by atoms with van der Waals surface area (Å²) in [7, 11) is 0. The van der Waals surface area contributed by atoms with Gasteiger partial charge >= 0.3 is 0 Å². The Morgan fingerprint density at radius 2 is 1.45 bits per heavy atom. The maximum Gasteiger partial charge on any atom is 0.189 e. The minimum Gasteiger partial charge on any atom is -0.349 e. The Labute approximate surface area is 203 Å². The molecule has 2 fully saturated rings. The molecule has 0 amide bonds. The number of ether oxygens (including phenoxy) is 2. The Hall–Kier alpha value is -0.710. The molecular formula is C29H51NO3. The van der Waals surface area contributed by atoms with E-state index in [2.05, 4.69) is 11.8 Å². The lowest BCUT2D eigenvalue weighted by molar-refractivity contribution is -0.175. The van der Waals surface area contributed by atoms with Gasteiger partial charge in [0.05, 0.1) is 6.61 Å². The molecule has 0 N–H and O–H groups in total. The van der Waals surface area contributed by atoms with Crippen molar-refractivity contribution in [2.75, 3.05) is 26.2 Å². The first-order chi connectivity index (χ1) is 16.3. The average molecular weight is 462 g/mol. The molecule has 0 aromatic rings. The number of hydrogen-bond donors (Lipinski definition) is 0. The van der Waals surface area contributed by atoms with Gasteiger partial charge in [-0.25, -0.2) is 0 Å². The van der Waals surface area contributed by atoms with Gasteiger partial charge in [0, 0.05) is 12.1 Å². The third-order valence-electron chi connectivity index (χ3n) is 7.89. The van der Waals surface area contributed by atoms with Gasteiger partial charge in [0.15, 0.2) is 12.1 Å². The molecule has 4 nitrogen and oxygen atoms in total. The molecule has 1 aliphatic carbocycles. The second-order valence-electron chi connectivity index (χ2n) is 10.8. The zero-order chi connectivity index (χ0) is 23.1. The van der Waals surface area contributed by atoms with Crippen LogP contribution >= 0.6 is 0 Å². The zero-order valence-corrected chi connectivity index (χ0v) is 21.5. The molecule has 33 heavy (non-hydrogen) atoms. The van der Waals surface area contributed by atoms with Crippen LogP contribution in [0.5, 0.6) is 0 Å². The first-order valence-corrected chi connectivity index (χ1v) is 14.5. The number of unbranched alkanes of at least 4 members (excludes halogenated alkanes) is 9. The van der Waals surface area contributed by atoms with E-state index < -0.39 is 0 Å². The van der Waals surface area contributed by atoms with Crippen LogP contribution in [0.3, 0.4) is 0 Å². The summed E-state index contributed by atoms with van der Waals surface area (Å²) in [4.78, 5) is 15.8. The highest BCUT2D eigenvalue weighted by atomic mass is 16.7. The minimum atomic E-state index is -0.340. The summed E-state index contributed by atoms with van der Waals surface area (Å²) in [5.74, 6) is 0.617. The van der Waals surface area contributed by atoms with Crippen LogP contribution in [0.1, 0.15) is 122 Å². The topological polar surface area (TPSA) is 38.8 Å². The van der Waals surface area contributed by atoms with E-state index in [0.717, 1.165) is 51.1 Å². The lowest BCUT2D eigenvalue weighted by Gasteiger charge is -2.36. The third-order valence-corrected chi connectivity index (χ3v) is 7.89. The Kier molecular flexibility index (Phi) is 13.1. The van der Waals surface area contributed by atoms with Gasteiger partial charge in [-0.15, -0.1) is 0 Å². The molecule has 0 aromatic heterocycles. The van der Waals surface area contributed by atoms with Crippen LogP contribution in [0.25, 0.3) is 0 Å². The molecule has 2 aliphatic heterocycles. The van der Waals surface area contributed by atoms with Gasteiger partial charge in [0.25, 0.3) is 0 Å². The number of piperidine rings is 1. The molecule has 0 spiro atoms. The highest BCUT2D eigenvalue weighted by molar-refractivity contribution is 6.00. The molecule has 0 aromatic carbocycles. The summed E-state index contributed by atoms with van der Waals surface area (Å²) >= 11 is 0. The van der Waals surface area contributed by atoms with Gasteiger partial charge in [-0.2, -0.15) is 0 Å². The number of carbonyl (C=O) groups excluding carboxylic acids is 1. The molecule has 1 saturated carbocycles. The quantitative estimate of drug-likeness (QED) is 0.242. The van der Waals surface area contributed by atoms with Gasteiger partial charge in [-0.3, -0.25) is 9.69 Å². The van der Waals surface area contributed by atoms with E-state index in [9.17, 15) is 4.79 Å². The Bertz CT molecular complexity index is 563. The number of carbonyl (C=O) groups is 1. The van der Waals surface area contributed by atoms with Gasteiger partial charge in [0.2, 0.25) is 0 Å². The first kappa shape index (κ1) is 26.9. The van der Waals surface area contributed by atoms with E-state index >= 15 is 0 Å². The Balaban J connectivity index is 1.40. The van der Waals surface area contributed by atoms with Crippen LogP contribution in [-0.2, 0) is 14.3 Å². The number of hydrogen-bond acceptors (Lipinski definition) is 4. The third kappa shape index (κ3) is 9.82. The molecule has 1 saturated heterocycles. The maximum atomic E-state index is 13.3. The fraction of sp³-hybridized carbons (Fsp3) is 0.897. The summed E-state index contributed by atoms with van der Waals surface area (Å²) in [5.41, 5.74) is 0.951. The van der Waals surface area contributed by atoms with Crippen LogP contribution in [-0.4, -0.2) is 49.3 Å². The monoisotopic (exact) mass is 461 g/mol. The SMILES string of the molecule is CCCCCCCCCCCCOC1C=C(CN2CCCCC2)C(=O)C(C2CCCCC2)O1. The lowest BCUT2D eigenvalue weighted by Crippen LogP contribution is -2.44. The molecular weight excluding hydrogens is 410 g/mol. The predicted octanol–water partition coefficient (Wildman–Crippen LogP) is 7.21. The smallest absolute Gasteiger partial charge is 0.189 e. The summed E-state index contributed by atoms with van der Waals surface area (Å²) in [5, 5.41) is 0. The fourth-order valence-corrected chi connectivity index (χ4v) is 5.80. The molecule has 190 valence electrons. The fourth-order valence-electron chi connectivity index (χ4n) is 5.80. The lowest BCUT2D eigenvalue weighted by atomic mass is 9.81. The predicted molar refractivity (Wildman–Crippen MR) is 136 cm³/mol. The second kappa shape index (κ2) is 16.1. The van der Waals surface area contributed by atoms with Crippen LogP contribution in [0.2, 0.25) is 0 Å². The molecule has 3 aliphatic rings. The summed E-state index contributed by atoms with van der Waals surface area (Å²) in [6.07, 6.45) is 24.5. The van der Waals surface area contributed by atoms with Crippen molar-refractivity contribution in [1.29, 1.82) is 0 Å². The Morgan fingerprint density at radius 3 is 2.12 bits per heavy atom. The highest BCUT2D eigenvalue weighted by Gasteiger charge is 2.38. The highest BCUT2D eigenvalue weighted by Crippen LogP contribution is 2.33. The normalized spacial score (nSPS) is 25.4. The summed E-state index contributed by atoms with van der Waals surface area (Å²) in [6, 6.07) is 0. The number of likely N-dealkylation sites (tertiary alicyclic amines) is 1. The van der Waals surface area contributed by atoms with E-state index in [0.29, 0.717) is 5.92 Å². The van der Waals surface area contributed by atoms with Crippen molar-refractivity contribution in [3.05, 3.63) is 11.6 Å². The maximum absolute atomic E-state index is 13.3. The first-order valence-electron chi connectivity index (χ1n) is 14.5. The minimum absolute atomic E-state index is 0.242. The largest absolute Gasteiger partial charge is 0.349 e. The van der Waals surface area contributed by atoms with Crippen molar-refractivity contribution in [2.24, 2.45) is 5.92 Å². The molecule has 4 heteroatoms. The summed E-state index contributed by atoms with van der Waals surface area (Å²) < 4.78 is 12.5. The molecule has 0 bridgehead atoms. The number of Topliss-reactive ketones (excluding diaryl/α,β-unsaturated/α-hetero) is 1. The van der Waals surface area contributed by atoms with E-state index in [1.54, 1.807) is 0 Å². The van der Waals surface area contributed by atoms with E-state index in [-0.39, 0.29) is 18.2 Å². The molecule has 2 unspecified atom stereocenters. The Morgan fingerprint density at radius 1 is 0.848 bits per heavy atom. The van der Waals surface area contributed by atoms with Gasteiger partial charge < -0.3 is 9.47 Å².